The van der Waals surface area contributed by atoms with Crippen molar-refractivity contribution in [3.8, 4) is 0 Å². The van der Waals surface area contributed by atoms with E-state index in [0.29, 0.717) is 25.2 Å². The summed E-state index contributed by atoms with van der Waals surface area (Å²) in [5.41, 5.74) is 1.74. The van der Waals surface area contributed by atoms with E-state index in [9.17, 15) is 13.2 Å². The summed E-state index contributed by atoms with van der Waals surface area (Å²) in [7, 11) is -1.38. The van der Waals surface area contributed by atoms with Gasteiger partial charge in [0.05, 0.1) is 4.90 Å². The van der Waals surface area contributed by atoms with Crippen LogP contribution in [0.3, 0.4) is 0 Å². The third-order valence-corrected chi connectivity index (χ3v) is 7.03. The Kier molecular flexibility index (Phi) is 7.41. The largest absolute Gasteiger partial charge is 0.352 e. The first-order valence-corrected chi connectivity index (χ1v) is 11.5. The summed E-state index contributed by atoms with van der Waals surface area (Å²) >= 11 is 0. The van der Waals surface area contributed by atoms with Gasteiger partial charge in [-0.15, -0.1) is 0 Å². The molecule has 0 aliphatic carbocycles. The molecule has 3 rings (SSSR count). The quantitative estimate of drug-likeness (QED) is 0.640. The van der Waals surface area contributed by atoms with Crippen LogP contribution in [0.2, 0.25) is 0 Å². The molecular weight excluding hydrogens is 386 g/mol. The predicted molar refractivity (Wildman–Crippen MR) is 114 cm³/mol. The van der Waals surface area contributed by atoms with Crippen LogP contribution in [0.15, 0.2) is 59.5 Å². The van der Waals surface area contributed by atoms with Gasteiger partial charge in [0, 0.05) is 31.7 Å². The molecule has 1 amide bonds. The van der Waals surface area contributed by atoms with Crippen LogP contribution < -0.4 is 5.32 Å². The number of hydrogen-bond donors (Lipinski definition) is 1. The second-order valence-electron chi connectivity index (χ2n) is 7.47. The fourth-order valence-electron chi connectivity index (χ4n) is 3.48. The zero-order chi connectivity index (χ0) is 20.7. The van der Waals surface area contributed by atoms with Gasteiger partial charge in [-0.25, -0.2) is 8.42 Å². The molecule has 2 aromatic carbocycles. The molecule has 1 heterocycles. The standard InChI is InChI=1S/C22H29N3O3S/c1-24(18-19-8-3-2-4-9-19)15-7-14-23-22(26)20-10-12-21(13-11-20)29(27,28)25-16-5-6-17-25/h2-4,8-13H,5-7,14-18H2,1H3,(H,23,26). The Labute approximate surface area is 173 Å². The molecule has 0 atom stereocenters. The van der Waals surface area contributed by atoms with Gasteiger partial charge in [0.15, 0.2) is 0 Å². The number of carbonyl (C=O) groups is 1. The molecule has 0 radical (unpaired) electrons. The van der Waals surface area contributed by atoms with Crippen molar-refractivity contribution < 1.29 is 13.2 Å². The summed E-state index contributed by atoms with van der Waals surface area (Å²) in [4.78, 5) is 14.8. The van der Waals surface area contributed by atoms with Crippen LogP contribution in [0.1, 0.15) is 35.2 Å². The van der Waals surface area contributed by atoms with Crippen LogP contribution >= 0.6 is 0 Å². The van der Waals surface area contributed by atoms with Crippen LogP contribution in [-0.2, 0) is 16.6 Å². The molecule has 1 saturated heterocycles. The molecule has 7 heteroatoms. The van der Waals surface area contributed by atoms with E-state index in [1.165, 1.54) is 22.0 Å². The minimum atomic E-state index is -3.44. The average molecular weight is 416 g/mol. The van der Waals surface area contributed by atoms with Crippen molar-refractivity contribution in [2.45, 2.75) is 30.7 Å². The highest BCUT2D eigenvalue weighted by Gasteiger charge is 2.27. The van der Waals surface area contributed by atoms with E-state index in [0.717, 1.165) is 32.4 Å². The highest BCUT2D eigenvalue weighted by molar-refractivity contribution is 7.89. The molecule has 0 bridgehead atoms. The normalized spacial score (nSPS) is 15.0. The average Bonchev–Trinajstić information content (AvgIpc) is 3.28. The fraction of sp³-hybridized carbons (Fsp3) is 0.409. The summed E-state index contributed by atoms with van der Waals surface area (Å²) in [6.45, 7) is 3.47. The number of hydrogen-bond acceptors (Lipinski definition) is 4. The second-order valence-corrected chi connectivity index (χ2v) is 9.41. The van der Waals surface area contributed by atoms with E-state index in [-0.39, 0.29) is 10.8 Å². The maximum absolute atomic E-state index is 12.5. The van der Waals surface area contributed by atoms with Crippen LogP contribution in [-0.4, -0.2) is 56.8 Å². The summed E-state index contributed by atoms with van der Waals surface area (Å²) < 4.78 is 26.6. The smallest absolute Gasteiger partial charge is 0.251 e. The van der Waals surface area contributed by atoms with Crippen molar-refractivity contribution in [1.29, 1.82) is 0 Å². The number of carbonyl (C=O) groups excluding carboxylic acids is 1. The van der Waals surface area contributed by atoms with Gasteiger partial charge in [0.2, 0.25) is 10.0 Å². The third kappa shape index (κ3) is 5.88. The Morgan fingerprint density at radius 1 is 1.03 bits per heavy atom. The lowest BCUT2D eigenvalue weighted by atomic mass is 10.2. The molecule has 2 aromatic rings. The molecular formula is C22H29N3O3S. The Morgan fingerprint density at radius 2 is 1.69 bits per heavy atom. The van der Waals surface area contributed by atoms with Crippen molar-refractivity contribution in [3.05, 3.63) is 65.7 Å². The van der Waals surface area contributed by atoms with Gasteiger partial charge >= 0.3 is 0 Å². The van der Waals surface area contributed by atoms with Crippen molar-refractivity contribution in [2.24, 2.45) is 0 Å². The van der Waals surface area contributed by atoms with Gasteiger partial charge in [-0.2, -0.15) is 4.31 Å². The number of sulfonamides is 1. The molecule has 0 saturated carbocycles. The van der Waals surface area contributed by atoms with E-state index >= 15 is 0 Å². The topological polar surface area (TPSA) is 69.7 Å². The monoisotopic (exact) mass is 415 g/mol. The van der Waals surface area contributed by atoms with Crippen LogP contribution in [0.5, 0.6) is 0 Å². The van der Waals surface area contributed by atoms with Gasteiger partial charge in [0.1, 0.15) is 0 Å². The van der Waals surface area contributed by atoms with Gasteiger partial charge in [-0.05, 0) is 62.7 Å². The molecule has 0 unspecified atom stereocenters. The Bertz CT molecular complexity index is 893. The number of benzene rings is 2. The zero-order valence-electron chi connectivity index (χ0n) is 16.9. The molecule has 1 N–H and O–H groups in total. The highest BCUT2D eigenvalue weighted by atomic mass is 32.2. The van der Waals surface area contributed by atoms with Crippen molar-refractivity contribution in [3.63, 3.8) is 0 Å². The Hall–Kier alpha value is -2.22. The minimum absolute atomic E-state index is 0.180. The van der Waals surface area contributed by atoms with Gasteiger partial charge < -0.3 is 10.2 Å². The SMILES string of the molecule is CN(CCCNC(=O)c1ccc(S(=O)(=O)N2CCCC2)cc1)Cc1ccccc1. The second kappa shape index (κ2) is 10.0. The molecule has 0 aromatic heterocycles. The van der Waals surface area contributed by atoms with E-state index in [1.807, 2.05) is 18.2 Å². The van der Waals surface area contributed by atoms with Gasteiger partial charge in [-0.1, -0.05) is 30.3 Å². The fourth-order valence-corrected chi connectivity index (χ4v) is 5.00. The molecule has 1 aliphatic rings. The maximum Gasteiger partial charge on any atom is 0.251 e. The lowest BCUT2D eigenvalue weighted by Gasteiger charge is -2.17. The van der Waals surface area contributed by atoms with Crippen LogP contribution in [0.25, 0.3) is 0 Å². The molecule has 29 heavy (non-hydrogen) atoms. The lowest BCUT2D eigenvalue weighted by molar-refractivity contribution is 0.0951. The molecule has 0 spiro atoms. The van der Waals surface area contributed by atoms with Gasteiger partial charge in [0.25, 0.3) is 5.91 Å². The van der Waals surface area contributed by atoms with E-state index in [1.54, 1.807) is 12.1 Å². The molecule has 1 aliphatic heterocycles. The van der Waals surface area contributed by atoms with E-state index in [4.69, 9.17) is 0 Å². The zero-order valence-corrected chi connectivity index (χ0v) is 17.7. The number of nitrogens with one attached hydrogen (secondary N) is 1. The first-order valence-electron chi connectivity index (χ1n) is 10.1. The predicted octanol–water partition coefficient (Wildman–Crippen LogP) is 2.72. The highest BCUT2D eigenvalue weighted by Crippen LogP contribution is 2.21. The van der Waals surface area contributed by atoms with Crippen molar-refractivity contribution in [1.82, 2.24) is 14.5 Å². The third-order valence-electron chi connectivity index (χ3n) is 5.12. The van der Waals surface area contributed by atoms with Crippen LogP contribution in [0, 0.1) is 0 Å². The molecule has 1 fully saturated rings. The summed E-state index contributed by atoms with van der Waals surface area (Å²) in [6, 6.07) is 16.5. The van der Waals surface area contributed by atoms with Crippen molar-refractivity contribution >= 4 is 15.9 Å². The summed E-state index contributed by atoms with van der Waals surface area (Å²) in [6.07, 6.45) is 2.65. The lowest BCUT2D eigenvalue weighted by Crippen LogP contribution is -2.29. The maximum atomic E-state index is 12.5. The Morgan fingerprint density at radius 3 is 2.34 bits per heavy atom. The summed E-state index contributed by atoms with van der Waals surface area (Å²) in [5.74, 6) is -0.180. The van der Waals surface area contributed by atoms with Crippen molar-refractivity contribution in [2.75, 3.05) is 33.2 Å². The Balaban J connectivity index is 1.43. The minimum Gasteiger partial charge on any atom is -0.352 e. The number of nitrogens with zero attached hydrogens (tertiary/aromatic N) is 2. The van der Waals surface area contributed by atoms with E-state index in [2.05, 4.69) is 29.4 Å². The molecule has 156 valence electrons. The van der Waals surface area contributed by atoms with E-state index < -0.39 is 10.0 Å². The first kappa shape index (κ1) is 21.5. The summed E-state index contributed by atoms with van der Waals surface area (Å²) in [5, 5.41) is 2.91. The number of amides is 1. The first-order chi connectivity index (χ1) is 14.0. The van der Waals surface area contributed by atoms with Gasteiger partial charge in [-0.3, -0.25) is 4.79 Å². The number of rotatable bonds is 9. The molecule has 6 nitrogen and oxygen atoms in total. The van der Waals surface area contributed by atoms with Crippen LogP contribution in [0.4, 0.5) is 0 Å².